The number of aliphatic carboxylic acids is 1. The Morgan fingerprint density at radius 1 is 1.00 bits per heavy atom. The normalized spacial score (nSPS) is 14.0. The van der Waals surface area contributed by atoms with Crippen molar-refractivity contribution in [3.05, 3.63) is 65.0 Å². The fourth-order valence-corrected chi connectivity index (χ4v) is 2.71. The van der Waals surface area contributed by atoms with Crippen LogP contribution in [0, 0.1) is 0 Å². The summed E-state index contributed by atoms with van der Waals surface area (Å²) in [5, 5.41) is 18.8. The lowest BCUT2D eigenvalue weighted by molar-refractivity contribution is -0.192. The van der Waals surface area contributed by atoms with Crippen molar-refractivity contribution >= 4 is 17.8 Å². The largest absolute Gasteiger partial charge is 0.490 e. The summed E-state index contributed by atoms with van der Waals surface area (Å²) in [5.41, 5.74) is 2.47. The Morgan fingerprint density at radius 2 is 1.58 bits per heavy atom. The number of alkyl halides is 3. The minimum Gasteiger partial charge on any atom is -0.478 e. The zero-order chi connectivity index (χ0) is 24.4. The lowest BCUT2D eigenvalue weighted by Crippen LogP contribution is -2.35. The number of amides is 1. The van der Waals surface area contributed by atoms with E-state index in [1.807, 2.05) is 12.1 Å². The summed E-state index contributed by atoms with van der Waals surface area (Å²) < 4.78 is 37.1. The van der Waals surface area contributed by atoms with Gasteiger partial charge in [-0.3, -0.25) is 14.7 Å². The number of hydrogen-bond donors (Lipinski definition) is 3. The molecule has 1 aliphatic rings. The summed E-state index contributed by atoms with van der Waals surface area (Å²) >= 11 is 0. The standard InChI is InChI=1S/C19H21N3O4.C2HF3O2/c23-18(17-6-5-16(12-20-17)19(24)25)21-11-14-1-3-15(4-2-14)13-22-7-9-26-10-8-22;3-2(4,5)1(6)7/h1-6,12H,7-11,13H2,(H,21,23)(H,24,25);(H,6,7). The number of rotatable bonds is 6. The van der Waals surface area contributed by atoms with Crippen molar-refractivity contribution < 1.29 is 42.5 Å². The second-order valence-corrected chi connectivity index (χ2v) is 6.93. The Balaban J connectivity index is 0.000000479. The molecule has 1 aliphatic heterocycles. The first-order valence-electron chi connectivity index (χ1n) is 9.72. The molecule has 178 valence electrons. The highest BCUT2D eigenvalue weighted by molar-refractivity contribution is 5.93. The summed E-state index contributed by atoms with van der Waals surface area (Å²) in [6.07, 6.45) is -3.91. The molecule has 3 N–H and O–H groups in total. The molecule has 0 saturated carbocycles. The van der Waals surface area contributed by atoms with Crippen LogP contribution in [0.4, 0.5) is 13.2 Å². The number of carbonyl (C=O) groups excluding carboxylic acids is 1. The number of hydrogen-bond acceptors (Lipinski definition) is 6. The predicted octanol–water partition coefficient (Wildman–Crippen LogP) is 2.18. The van der Waals surface area contributed by atoms with Gasteiger partial charge in [0.05, 0.1) is 18.8 Å². The maximum atomic E-state index is 12.1. The molecule has 0 spiro atoms. The Kier molecular flexibility index (Phi) is 9.30. The summed E-state index contributed by atoms with van der Waals surface area (Å²) in [4.78, 5) is 38.0. The van der Waals surface area contributed by atoms with Crippen molar-refractivity contribution in [3.8, 4) is 0 Å². The van der Waals surface area contributed by atoms with E-state index in [9.17, 15) is 22.8 Å². The van der Waals surface area contributed by atoms with Crippen LogP contribution < -0.4 is 5.32 Å². The summed E-state index contributed by atoms with van der Waals surface area (Å²) in [6, 6.07) is 10.9. The molecule has 1 aromatic carbocycles. The third-order valence-electron chi connectivity index (χ3n) is 4.47. The highest BCUT2D eigenvalue weighted by Crippen LogP contribution is 2.13. The molecule has 1 aromatic heterocycles. The number of benzene rings is 1. The highest BCUT2D eigenvalue weighted by Gasteiger charge is 2.38. The van der Waals surface area contributed by atoms with Crippen LogP contribution in [0.3, 0.4) is 0 Å². The lowest BCUT2D eigenvalue weighted by Gasteiger charge is -2.26. The van der Waals surface area contributed by atoms with Gasteiger partial charge in [0.15, 0.2) is 0 Å². The Bertz CT molecular complexity index is 943. The first-order valence-corrected chi connectivity index (χ1v) is 9.72. The average molecular weight is 469 g/mol. The van der Waals surface area contributed by atoms with Gasteiger partial charge < -0.3 is 20.3 Å². The van der Waals surface area contributed by atoms with Crippen LogP contribution in [0.15, 0.2) is 42.6 Å². The third kappa shape index (κ3) is 8.86. The van der Waals surface area contributed by atoms with Gasteiger partial charge in [0.2, 0.25) is 0 Å². The molecule has 9 nitrogen and oxygen atoms in total. The molecule has 0 radical (unpaired) electrons. The molecule has 1 saturated heterocycles. The van der Waals surface area contributed by atoms with Crippen molar-refractivity contribution in [1.82, 2.24) is 15.2 Å². The number of carbonyl (C=O) groups is 3. The number of carboxylic acid groups (broad SMARTS) is 2. The second-order valence-electron chi connectivity index (χ2n) is 6.93. The van der Waals surface area contributed by atoms with Crippen LogP contribution in [0.1, 0.15) is 32.0 Å². The van der Waals surface area contributed by atoms with E-state index in [-0.39, 0.29) is 17.2 Å². The number of halogens is 3. The molecule has 12 heteroatoms. The molecule has 1 amide bonds. The topological polar surface area (TPSA) is 129 Å². The summed E-state index contributed by atoms with van der Waals surface area (Å²) in [6.45, 7) is 4.75. The van der Waals surface area contributed by atoms with E-state index in [1.54, 1.807) is 0 Å². The highest BCUT2D eigenvalue weighted by atomic mass is 19.4. The van der Waals surface area contributed by atoms with Gasteiger partial charge in [-0.1, -0.05) is 24.3 Å². The minimum absolute atomic E-state index is 0.0532. The Morgan fingerprint density at radius 3 is 2.06 bits per heavy atom. The lowest BCUT2D eigenvalue weighted by atomic mass is 10.1. The summed E-state index contributed by atoms with van der Waals surface area (Å²) in [5.74, 6) is -4.16. The van der Waals surface area contributed by atoms with Crippen LogP contribution in [-0.2, 0) is 22.6 Å². The van der Waals surface area contributed by atoms with E-state index in [4.69, 9.17) is 19.7 Å². The molecular weight excluding hydrogens is 447 g/mol. The number of aromatic carboxylic acids is 1. The predicted molar refractivity (Wildman–Crippen MR) is 109 cm³/mol. The van der Waals surface area contributed by atoms with Gasteiger partial charge in [0.1, 0.15) is 5.69 Å². The number of pyridine rings is 1. The Hall–Kier alpha value is -3.51. The molecule has 3 rings (SSSR count). The van der Waals surface area contributed by atoms with Crippen molar-refractivity contribution in [2.75, 3.05) is 26.3 Å². The number of ether oxygens (including phenoxy) is 1. The molecule has 0 unspecified atom stereocenters. The van der Waals surface area contributed by atoms with Crippen LogP contribution in [0.5, 0.6) is 0 Å². The zero-order valence-electron chi connectivity index (χ0n) is 17.3. The smallest absolute Gasteiger partial charge is 0.478 e. The molecule has 1 fully saturated rings. The van der Waals surface area contributed by atoms with Gasteiger partial charge in [0, 0.05) is 32.4 Å². The van der Waals surface area contributed by atoms with Crippen molar-refractivity contribution in [3.63, 3.8) is 0 Å². The number of carboxylic acids is 2. The van der Waals surface area contributed by atoms with E-state index >= 15 is 0 Å². The van der Waals surface area contributed by atoms with Gasteiger partial charge in [-0.25, -0.2) is 9.59 Å². The number of aromatic nitrogens is 1. The molecule has 2 aromatic rings. The third-order valence-corrected chi connectivity index (χ3v) is 4.47. The minimum atomic E-state index is -5.08. The maximum absolute atomic E-state index is 12.1. The quantitative estimate of drug-likeness (QED) is 0.587. The maximum Gasteiger partial charge on any atom is 0.490 e. The monoisotopic (exact) mass is 469 g/mol. The van der Waals surface area contributed by atoms with E-state index in [0.717, 1.165) is 38.4 Å². The van der Waals surface area contributed by atoms with Gasteiger partial charge in [-0.2, -0.15) is 13.2 Å². The molecular formula is C21H22F3N3O6. The van der Waals surface area contributed by atoms with Gasteiger partial charge >= 0.3 is 18.1 Å². The molecule has 2 heterocycles. The van der Waals surface area contributed by atoms with Crippen molar-refractivity contribution in [2.45, 2.75) is 19.3 Å². The second kappa shape index (κ2) is 11.9. The van der Waals surface area contributed by atoms with Crippen molar-refractivity contribution in [2.24, 2.45) is 0 Å². The molecule has 33 heavy (non-hydrogen) atoms. The van der Waals surface area contributed by atoms with Crippen LogP contribution in [0.25, 0.3) is 0 Å². The number of nitrogens with zero attached hydrogens (tertiary/aromatic N) is 2. The average Bonchev–Trinajstić information content (AvgIpc) is 2.79. The Labute approximate surface area is 186 Å². The van der Waals surface area contributed by atoms with Crippen LogP contribution >= 0.6 is 0 Å². The van der Waals surface area contributed by atoms with E-state index < -0.39 is 18.1 Å². The molecule has 0 aliphatic carbocycles. The van der Waals surface area contributed by atoms with Gasteiger partial charge in [-0.05, 0) is 23.3 Å². The zero-order valence-corrected chi connectivity index (χ0v) is 17.3. The van der Waals surface area contributed by atoms with Gasteiger partial charge in [-0.15, -0.1) is 0 Å². The van der Waals surface area contributed by atoms with Crippen molar-refractivity contribution in [1.29, 1.82) is 0 Å². The fraction of sp³-hybridized carbons (Fsp3) is 0.333. The SMILES string of the molecule is O=C(O)C(F)(F)F.O=C(O)c1ccc(C(=O)NCc2ccc(CN3CCOCC3)cc2)nc1. The fourth-order valence-electron chi connectivity index (χ4n) is 2.71. The van der Waals surface area contributed by atoms with Crippen LogP contribution in [0.2, 0.25) is 0 Å². The van der Waals surface area contributed by atoms with E-state index in [0.29, 0.717) is 6.54 Å². The molecule has 0 atom stereocenters. The van der Waals surface area contributed by atoms with E-state index in [1.165, 1.54) is 23.9 Å². The van der Waals surface area contributed by atoms with E-state index in [2.05, 4.69) is 27.3 Å². The van der Waals surface area contributed by atoms with Gasteiger partial charge in [0.25, 0.3) is 5.91 Å². The molecule has 0 bridgehead atoms. The summed E-state index contributed by atoms with van der Waals surface area (Å²) in [7, 11) is 0. The number of nitrogens with one attached hydrogen (secondary N) is 1. The van der Waals surface area contributed by atoms with Crippen LogP contribution in [-0.4, -0.2) is 70.4 Å². The number of morpholine rings is 1. The first-order chi connectivity index (χ1) is 15.6. The first kappa shape index (κ1) is 25.7.